The van der Waals surface area contributed by atoms with Gasteiger partial charge in [0.2, 0.25) is 0 Å². The van der Waals surface area contributed by atoms with E-state index in [4.69, 9.17) is 39.6 Å². The van der Waals surface area contributed by atoms with Crippen molar-refractivity contribution >= 4 is 52.3 Å². The van der Waals surface area contributed by atoms with Crippen LogP contribution in [0, 0.1) is 5.92 Å². The number of hydrogen-bond acceptors (Lipinski definition) is 3. The Morgan fingerprint density at radius 1 is 1.11 bits per heavy atom. The maximum atomic E-state index is 15.0. The van der Waals surface area contributed by atoms with Crippen LogP contribution >= 0.6 is 34.8 Å². The van der Waals surface area contributed by atoms with Gasteiger partial charge in [0.25, 0.3) is 5.91 Å². The highest BCUT2D eigenvalue weighted by atomic mass is 35.5. The molecular formula is C24H17Cl3F7NO3. The minimum atomic E-state index is -5.16. The average Bonchev–Trinajstić information content (AvgIpc) is 3.17. The van der Waals surface area contributed by atoms with Crippen LogP contribution < -0.4 is 0 Å². The van der Waals surface area contributed by atoms with Crippen LogP contribution in [0.5, 0.6) is 0 Å². The molecule has 14 heteroatoms. The third-order valence-electron chi connectivity index (χ3n) is 5.68. The van der Waals surface area contributed by atoms with Crippen molar-refractivity contribution in [2.75, 3.05) is 13.2 Å². The summed E-state index contributed by atoms with van der Waals surface area (Å²) in [6, 6.07) is 3.27. The van der Waals surface area contributed by atoms with Gasteiger partial charge in [-0.2, -0.15) is 26.3 Å². The number of hydrogen-bond donors (Lipinski definition) is 0. The first-order valence-corrected chi connectivity index (χ1v) is 12.0. The van der Waals surface area contributed by atoms with E-state index in [9.17, 15) is 40.3 Å². The molecule has 0 aliphatic carbocycles. The molecule has 2 aromatic rings. The van der Waals surface area contributed by atoms with Crippen molar-refractivity contribution in [2.24, 2.45) is 5.92 Å². The van der Waals surface area contributed by atoms with Gasteiger partial charge in [0.1, 0.15) is 11.7 Å². The lowest BCUT2D eigenvalue weighted by atomic mass is 9.92. The van der Waals surface area contributed by atoms with Crippen molar-refractivity contribution in [3.8, 4) is 0 Å². The SMILES string of the molecule is CCN1OC[C@@H](CC(=O)c2ccc(/C(F)=C/C(c3cc(Cl)c(Cl)c(Cl)c3)C(F)(F)F)cc2C(F)(F)F)C1=O. The summed E-state index contributed by atoms with van der Waals surface area (Å²) in [6.45, 7) is 1.57. The molecule has 0 N–H and O–H groups in total. The fourth-order valence-electron chi connectivity index (χ4n) is 3.79. The van der Waals surface area contributed by atoms with Gasteiger partial charge in [0, 0.05) is 24.1 Å². The van der Waals surface area contributed by atoms with Crippen molar-refractivity contribution in [2.45, 2.75) is 31.6 Å². The van der Waals surface area contributed by atoms with Crippen LogP contribution in [0.4, 0.5) is 30.7 Å². The number of allylic oxidation sites excluding steroid dienone is 1. The third kappa shape index (κ3) is 6.62. The maximum absolute atomic E-state index is 15.0. The highest BCUT2D eigenvalue weighted by Gasteiger charge is 2.41. The third-order valence-corrected chi connectivity index (χ3v) is 6.87. The van der Waals surface area contributed by atoms with Gasteiger partial charge in [-0.25, -0.2) is 9.45 Å². The molecule has 206 valence electrons. The fourth-order valence-corrected chi connectivity index (χ4v) is 4.41. The second-order valence-electron chi connectivity index (χ2n) is 8.24. The van der Waals surface area contributed by atoms with Crippen molar-refractivity contribution in [1.29, 1.82) is 0 Å². The zero-order chi connectivity index (χ0) is 28.6. The Morgan fingerprint density at radius 2 is 1.71 bits per heavy atom. The van der Waals surface area contributed by atoms with E-state index in [0.717, 1.165) is 23.3 Å². The molecule has 1 aliphatic rings. The quantitative estimate of drug-likeness (QED) is 0.181. The Hall–Kier alpha value is -2.34. The van der Waals surface area contributed by atoms with Gasteiger partial charge in [-0.15, -0.1) is 0 Å². The fraction of sp³-hybridized carbons (Fsp3) is 0.333. The van der Waals surface area contributed by atoms with E-state index in [-0.39, 0.29) is 40.4 Å². The van der Waals surface area contributed by atoms with Gasteiger partial charge < -0.3 is 0 Å². The standard InChI is InChI=1S/C24H17Cl3F7NO3/c1-2-35-22(37)13(10-38-35)8-20(36)14-4-3-11(5-16(14)24(32,33)34)19(28)9-15(23(29,30)31)12-6-17(25)21(27)18(26)7-12/h3-7,9,13,15H,2,8,10H2,1H3/b19-9-/t13-,15?/m1/s1. The molecule has 0 aromatic heterocycles. The Labute approximate surface area is 226 Å². The molecule has 0 bridgehead atoms. The second-order valence-corrected chi connectivity index (χ2v) is 9.44. The monoisotopic (exact) mass is 605 g/mol. The van der Waals surface area contributed by atoms with Crippen LogP contribution in [0.1, 0.15) is 46.3 Å². The van der Waals surface area contributed by atoms with Gasteiger partial charge in [-0.05, 0) is 36.8 Å². The first-order valence-electron chi connectivity index (χ1n) is 10.8. The van der Waals surface area contributed by atoms with Gasteiger partial charge in [0.15, 0.2) is 5.78 Å². The molecule has 4 nitrogen and oxygen atoms in total. The van der Waals surface area contributed by atoms with Crippen LogP contribution in [0.2, 0.25) is 15.1 Å². The Bertz CT molecular complexity index is 1250. The number of nitrogens with zero attached hydrogens (tertiary/aromatic N) is 1. The normalized spacial score (nSPS) is 17.8. The van der Waals surface area contributed by atoms with Crippen molar-refractivity contribution in [3.05, 3.63) is 73.7 Å². The summed E-state index contributed by atoms with van der Waals surface area (Å²) in [5.41, 5.74) is -3.88. The topological polar surface area (TPSA) is 46.6 Å². The summed E-state index contributed by atoms with van der Waals surface area (Å²) < 4.78 is 97.7. The molecule has 1 heterocycles. The van der Waals surface area contributed by atoms with E-state index >= 15 is 0 Å². The minimum absolute atomic E-state index is 0.0702. The van der Waals surface area contributed by atoms with Gasteiger partial charge in [-0.3, -0.25) is 14.4 Å². The molecular weight excluding hydrogens is 590 g/mol. The van der Waals surface area contributed by atoms with Crippen molar-refractivity contribution in [1.82, 2.24) is 5.06 Å². The maximum Gasteiger partial charge on any atom is 0.417 e. The van der Waals surface area contributed by atoms with E-state index < -0.39 is 70.4 Å². The van der Waals surface area contributed by atoms with Gasteiger partial charge >= 0.3 is 12.4 Å². The number of carbonyl (C=O) groups is 2. The van der Waals surface area contributed by atoms with Crippen LogP contribution in [-0.2, 0) is 15.8 Å². The molecule has 1 fully saturated rings. The lowest BCUT2D eigenvalue weighted by Crippen LogP contribution is -2.27. The number of rotatable bonds is 7. The van der Waals surface area contributed by atoms with Crippen LogP contribution in [0.15, 0.2) is 36.4 Å². The molecule has 0 radical (unpaired) electrons. The van der Waals surface area contributed by atoms with E-state index in [1.165, 1.54) is 0 Å². The van der Waals surface area contributed by atoms with Crippen molar-refractivity contribution < 1.29 is 45.2 Å². The predicted octanol–water partition coefficient (Wildman–Crippen LogP) is 8.30. The highest BCUT2D eigenvalue weighted by molar-refractivity contribution is 6.48. The number of alkyl halides is 6. The minimum Gasteiger partial charge on any atom is -0.294 e. The summed E-state index contributed by atoms with van der Waals surface area (Å²) in [7, 11) is 0. The zero-order valence-corrected chi connectivity index (χ0v) is 21.5. The second kappa shape index (κ2) is 11.4. The molecule has 0 spiro atoms. The summed E-state index contributed by atoms with van der Waals surface area (Å²) in [5, 5.41) is 0.0652. The number of ketones is 1. The number of Topliss-reactive ketones (excluding diaryl/α,β-unsaturated/α-hetero) is 1. The first-order chi connectivity index (χ1) is 17.5. The number of carbonyl (C=O) groups excluding carboxylic acids is 2. The first kappa shape index (κ1) is 30.2. The summed E-state index contributed by atoms with van der Waals surface area (Å²) in [4.78, 5) is 29.9. The van der Waals surface area contributed by atoms with E-state index in [2.05, 4.69) is 0 Å². The van der Waals surface area contributed by atoms with Gasteiger partial charge in [0.05, 0.1) is 33.2 Å². The smallest absolute Gasteiger partial charge is 0.294 e. The zero-order valence-electron chi connectivity index (χ0n) is 19.2. The van der Waals surface area contributed by atoms with Crippen LogP contribution in [-0.4, -0.2) is 36.1 Å². The number of hydroxylamine groups is 2. The van der Waals surface area contributed by atoms with E-state index in [0.29, 0.717) is 6.07 Å². The molecule has 2 aromatic carbocycles. The predicted molar refractivity (Wildman–Crippen MR) is 127 cm³/mol. The van der Waals surface area contributed by atoms with Gasteiger partial charge in [-0.1, -0.05) is 46.9 Å². The molecule has 3 rings (SSSR count). The molecule has 2 atom stereocenters. The largest absolute Gasteiger partial charge is 0.417 e. The molecule has 38 heavy (non-hydrogen) atoms. The Balaban J connectivity index is 1.99. The summed E-state index contributed by atoms with van der Waals surface area (Å²) in [5.74, 6) is -6.92. The number of benzene rings is 2. The van der Waals surface area contributed by atoms with Crippen LogP contribution in [0.3, 0.4) is 0 Å². The Morgan fingerprint density at radius 3 is 2.21 bits per heavy atom. The van der Waals surface area contributed by atoms with E-state index in [1.807, 2.05) is 0 Å². The summed E-state index contributed by atoms with van der Waals surface area (Å²) >= 11 is 17.3. The van der Waals surface area contributed by atoms with Crippen molar-refractivity contribution in [3.63, 3.8) is 0 Å². The lowest BCUT2D eigenvalue weighted by molar-refractivity contribution is -0.160. The van der Waals surface area contributed by atoms with Crippen LogP contribution in [0.25, 0.3) is 5.83 Å². The highest BCUT2D eigenvalue weighted by Crippen LogP contribution is 2.43. The number of amides is 1. The molecule has 1 unspecified atom stereocenters. The molecule has 1 amide bonds. The Kier molecular flexibility index (Phi) is 9.07. The molecule has 1 aliphatic heterocycles. The number of halogens is 10. The van der Waals surface area contributed by atoms with E-state index in [1.54, 1.807) is 6.92 Å². The lowest BCUT2D eigenvalue weighted by Gasteiger charge is -2.19. The molecule has 0 saturated carbocycles. The summed E-state index contributed by atoms with van der Waals surface area (Å²) in [6.07, 6.45) is -10.8. The average molecular weight is 607 g/mol. The molecule has 1 saturated heterocycles.